The van der Waals surface area contributed by atoms with Crippen molar-refractivity contribution in [3.63, 3.8) is 0 Å². The zero-order valence-electron chi connectivity index (χ0n) is 19.1. The number of amides is 1. The monoisotopic (exact) mass is 530 g/mol. The zero-order chi connectivity index (χ0) is 25.5. The number of hydrogen-bond donors (Lipinski definition) is 1. The molecule has 7 nitrogen and oxygen atoms in total. The third-order valence-electron chi connectivity index (χ3n) is 4.83. The molecule has 0 aliphatic heterocycles. The SMILES string of the molecule is CCOc1ccc(-n2c(COc3ccc(Cl)cc3)nnc2SCC(=O)Nc2ccc(F)cc2F)cc1. The molecule has 1 heterocycles. The normalized spacial score (nSPS) is 10.8. The predicted molar refractivity (Wildman–Crippen MR) is 134 cm³/mol. The van der Waals surface area contributed by atoms with Crippen molar-refractivity contribution in [2.45, 2.75) is 18.7 Å². The molecule has 186 valence electrons. The highest BCUT2D eigenvalue weighted by molar-refractivity contribution is 7.99. The Morgan fingerprint density at radius 2 is 1.69 bits per heavy atom. The Morgan fingerprint density at radius 1 is 1.00 bits per heavy atom. The second kappa shape index (κ2) is 11.9. The van der Waals surface area contributed by atoms with Gasteiger partial charge in [-0.3, -0.25) is 9.36 Å². The Balaban J connectivity index is 1.52. The Hall–Kier alpha value is -3.63. The first-order chi connectivity index (χ1) is 17.4. The number of halogens is 3. The Morgan fingerprint density at radius 3 is 2.39 bits per heavy atom. The molecule has 11 heteroatoms. The van der Waals surface area contributed by atoms with Gasteiger partial charge in [0.05, 0.1) is 18.0 Å². The molecular weight excluding hydrogens is 510 g/mol. The first kappa shape index (κ1) is 25.5. The van der Waals surface area contributed by atoms with Gasteiger partial charge in [0.25, 0.3) is 0 Å². The minimum atomic E-state index is -0.854. The van der Waals surface area contributed by atoms with Gasteiger partial charge in [0.2, 0.25) is 5.91 Å². The number of carbonyl (C=O) groups excluding carboxylic acids is 1. The fourth-order valence-corrected chi connectivity index (χ4v) is 4.09. The number of carbonyl (C=O) groups is 1. The van der Waals surface area contributed by atoms with Gasteiger partial charge in [-0.1, -0.05) is 23.4 Å². The Bertz CT molecular complexity index is 1330. The second-order valence-electron chi connectivity index (χ2n) is 7.36. The van der Waals surface area contributed by atoms with E-state index in [1.54, 1.807) is 28.8 Å². The van der Waals surface area contributed by atoms with Crippen LogP contribution < -0.4 is 14.8 Å². The molecule has 4 aromatic rings. The number of nitrogens with zero attached hydrogens (tertiary/aromatic N) is 3. The zero-order valence-corrected chi connectivity index (χ0v) is 20.7. The quantitative estimate of drug-likeness (QED) is 0.257. The molecule has 0 saturated heterocycles. The molecule has 0 spiro atoms. The smallest absolute Gasteiger partial charge is 0.234 e. The van der Waals surface area contributed by atoms with E-state index in [2.05, 4.69) is 15.5 Å². The number of aromatic nitrogens is 3. The lowest BCUT2D eigenvalue weighted by molar-refractivity contribution is -0.113. The van der Waals surface area contributed by atoms with E-state index in [-0.39, 0.29) is 18.0 Å². The van der Waals surface area contributed by atoms with E-state index in [0.29, 0.717) is 40.2 Å². The van der Waals surface area contributed by atoms with Gasteiger partial charge in [0, 0.05) is 16.8 Å². The van der Waals surface area contributed by atoms with Gasteiger partial charge in [0.15, 0.2) is 11.0 Å². The molecule has 1 N–H and O–H groups in total. The third-order valence-corrected chi connectivity index (χ3v) is 6.01. The van der Waals surface area contributed by atoms with Crippen LogP contribution in [0.15, 0.2) is 71.9 Å². The maximum atomic E-state index is 13.9. The highest BCUT2D eigenvalue weighted by Gasteiger charge is 2.17. The lowest BCUT2D eigenvalue weighted by Gasteiger charge is -2.12. The van der Waals surface area contributed by atoms with Crippen LogP contribution in [0.5, 0.6) is 11.5 Å². The number of benzene rings is 3. The summed E-state index contributed by atoms with van der Waals surface area (Å²) in [7, 11) is 0. The van der Waals surface area contributed by atoms with Crippen molar-refractivity contribution >= 4 is 35.0 Å². The van der Waals surface area contributed by atoms with E-state index in [1.807, 2.05) is 31.2 Å². The van der Waals surface area contributed by atoms with Gasteiger partial charge >= 0.3 is 0 Å². The minimum Gasteiger partial charge on any atom is -0.494 e. The van der Waals surface area contributed by atoms with Crippen molar-refractivity contribution < 1.29 is 23.0 Å². The van der Waals surface area contributed by atoms with Gasteiger partial charge in [-0.15, -0.1) is 10.2 Å². The minimum absolute atomic E-state index is 0.0793. The highest BCUT2D eigenvalue weighted by atomic mass is 35.5. The Kier molecular flexibility index (Phi) is 8.40. The van der Waals surface area contributed by atoms with Gasteiger partial charge < -0.3 is 14.8 Å². The molecule has 1 aromatic heterocycles. The standard InChI is InChI=1S/C25H21ClF2N4O3S/c1-2-34-19-10-6-18(7-11-19)32-23(14-35-20-8-3-16(26)4-9-20)30-31-25(32)36-15-24(33)29-22-12-5-17(27)13-21(22)28/h3-13H,2,14-15H2,1H3,(H,29,33). The van der Waals surface area contributed by atoms with Crippen molar-refractivity contribution in [3.8, 4) is 17.2 Å². The molecule has 36 heavy (non-hydrogen) atoms. The van der Waals surface area contributed by atoms with Crippen LogP contribution in [-0.2, 0) is 11.4 Å². The summed E-state index contributed by atoms with van der Waals surface area (Å²) >= 11 is 7.05. The van der Waals surface area contributed by atoms with E-state index >= 15 is 0 Å². The molecular formula is C25H21ClF2N4O3S. The summed E-state index contributed by atoms with van der Waals surface area (Å²) in [5.41, 5.74) is 0.637. The molecule has 0 atom stereocenters. The van der Waals surface area contributed by atoms with Crippen LogP contribution >= 0.6 is 23.4 Å². The number of rotatable bonds is 10. The van der Waals surface area contributed by atoms with Crippen molar-refractivity contribution in [1.29, 1.82) is 0 Å². The van der Waals surface area contributed by atoms with Crippen molar-refractivity contribution in [2.75, 3.05) is 17.7 Å². The number of nitrogens with one attached hydrogen (secondary N) is 1. The molecule has 0 saturated carbocycles. The number of ether oxygens (including phenoxy) is 2. The van der Waals surface area contributed by atoms with Gasteiger partial charge in [0.1, 0.15) is 29.7 Å². The van der Waals surface area contributed by atoms with E-state index in [1.165, 1.54) is 6.07 Å². The lowest BCUT2D eigenvalue weighted by atomic mass is 10.3. The largest absolute Gasteiger partial charge is 0.494 e. The summed E-state index contributed by atoms with van der Waals surface area (Å²) in [4.78, 5) is 12.4. The molecule has 0 fully saturated rings. The third kappa shape index (κ3) is 6.52. The summed E-state index contributed by atoms with van der Waals surface area (Å²) < 4.78 is 40.1. The van der Waals surface area contributed by atoms with Gasteiger partial charge in [-0.05, 0) is 67.6 Å². The number of hydrogen-bond acceptors (Lipinski definition) is 6. The van der Waals surface area contributed by atoms with E-state index in [0.717, 1.165) is 23.5 Å². The summed E-state index contributed by atoms with van der Waals surface area (Å²) in [5.74, 6) is -0.320. The fraction of sp³-hybridized carbons (Fsp3) is 0.160. The van der Waals surface area contributed by atoms with Gasteiger partial charge in [-0.25, -0.2) is 8.78 Å². The summed E-state index contributed by atoms with van der Waals surface area (Å²) in [6, 6.07) is 17.2. The highest BCUT2D eigenvalue weighted by Crippen LogP contribution is 2.26. The molecule has 0 radical (unpaired) electrons. The van der Waals surface area contributed by atoms with Crippen molar-refractivity contribution in [1.82, 2.24) is 14.8 Å². The molecule has 0 aliphatic rings. The van der Waals surface area contributed by atoms with Crippen LogP contribution in [0.4, 0.5) is 14.5 Å². The number of thioether (sulfide) groups is 1. The average molecular weight is 531 g/mol. The van der Waals surface area contributed by atoms with Crippen LogP contribution in [-0.4, -0.2) is 33.0 Å². The number of anilines is 1. The van der Waals surface area contributed by atoms with Crippen LogP contribution in [0.25, 0.3) is 5.69 Å². The summed E-state index contributed by atoms with van der Waals surface area (Å²) in [6.07, 6.45) is 0. The van der Waals surface area contributed by atoms with Crippen molar-refractivity contribution in [2.24, 2.45) is 0 Å². The van der Waals surface area contributed by atoms with E-state index < -0.39 is 17.5 Å². The fourth-order valence-electron chi connectivity index (χ4n) is 3.19. The molecule has 0 aliphatic carbocycles. The predicted octanol–water partition coefficient (Wildman–Crippen LogP) is 5.91. The first-order valence-electron chi connectivity index (χ1n) is 10.9. The Labute approximate surface area is 215 Å². The molecule has 0 bridgehead atoms. The topological polar surface area (TPSA) is 78.3 Å². The van der Waals surface area contributed by atoms with E-state index in [4.69, 9.17) is 21.1 Å². The summed E-state index contributed by atoms with van der Waals surface area (Å²) in [6.45, 7) is 2.55. The van der Waals surface area contributed by atoms with Gasteiger partial charge in [-0.2, -0.15) is 0 Å². The maximum Gasteiger partial charge on any atom is 0.234 e. The van der Waals surface area contributed by atoms with Crippen LogP contribution in [0.3, 0.4) is 0 Å². The molecule has 4 rings (SSSR count). The van der Waals surface area contributed by atoms with Crippen LogP contribution in [0.2, 0.25) is 5.02 Å². The average Bonchev–Trinajstić information content (AvgIpc) is 3.27. The molecule has 3 aromatic carbocycles. The van der Waals surface area contributed by atoms with E-state index in [9.17, 15) is 13.6 Å². The maximum absolute atomic E-state index is 13.9. The second-order valence-corrected chi connectivity index (χ2v) is 8.74. The molecule has 1 amide bonds. The van der Waals surface area contributed by atoms with Crippen LogP contribution in [0, 0.1) is 11.6 Å². The lowest BCUT2D eigenvalue weighted by Crippen LogP contribution is -2.16. The molecule has 0 unspecified atom stereocenters. The first-order valence-corrected chi connectivity index (χ1v) is 12.2. The van der Waals surface area contributed by atoms with Crippen LogP contribution in [0.1, 0.15) is 12.7 Å². The van der Waals surface area contributed by atoms with Crippen molar-refractivity contribution in [3.05, 3.63) is 89.2 Å². The summed E-state index contributed by atoms with van der Waals surface area (Å²) in [5, 5.41) is 11.9.